The van der Waals surface area contributed by atoms with E-state index in [2.05, 4.69) is 19.1 Å². The van der Waals surface area contributed by atoms with E-state index in [-0.39, 0.29) is 0 Å². The third kappa shape index (κ3) is 1.68. The third-order valence-electron chi connectivity index (χ3n) is 2.68. The molecule has 0 amide bonds. The van der Waals surface area contributed by atoms with Gasteiger partial charge in [-0.2, -0.15) is 0 Å². The second-order valence-corrected chi connectivity index (χ2v) is 3.97. The summed E-state index contributed by atoms with van der Waals surface area (Å²) >= 11 is 0. The standard InChI is InChI=1S/C12H16O2/c1-2-4-10-5-3-6-11(7-10)12(13)8-14-9-12/h3,5-7,13H,2,4,8-9H2,1H3. The smallest absolute Gasteiger partial charge is 0.136 e. The minimum atomic E-state index is -0.719. The lowest BCUT2D eigenvalue weighted by atomic mass is 9.90. The Morgan fingerprint density at radius 1 is 1.43 bits per heavy atom. The van der Waals surface area contributed by atoms with Crippen LogP contribution < -0.4 is 0 Å². The average Bonchev–Trinajstić information content (AvgIpc) is 2.15. The maximum atomic E-state index is 10.0. The maximum absolute atomic E-state index is 10.0. The monoisotopic (exact) mass is 192 g/mol. The van der Waals surface area contributed by atoms with Gasteiger partial charge in [0.2, 0.25) is 0 Å². The summed E-state index contributed by atoms with van der Waals surface area (Å²) in [4.78, 5) is 0. The zero-order chi connectivity index (χ0) is 10.0. The van der Waals surface area contributed by atoms with Gasteiger partial charge in [-0.1, -0.05) is 37.6 Å². The van der Waals surface area contributed by atoms with E-state index in [1.165, 1.54) is 5.56 Å². The highest BCUT2D eigenvalue weighted by molar-refractivity contribution is 5.29. The number of benzene rings is 1. The Morgan fingerprint density at radius 2 is 2.21 bits per heavy atom. The topological polar surface area (TPSA) is 29.5 Å². The minimum absolute atomic E-state index is 0.433. The van der Waals surface area contributed by atoms with Crippen molar-refractivity contribution in [3.05, 3.63) is 35.4 Å². The lowest BCUT2D eigenvalue weighted by Gasteiger charge is -2.36. The summed E-state index contributed by atoms with van der Waals surface area (Å²) in [7, 11) is 0. The van der Waals surface area contributed by atoms with Crippen molar-refractivity contribution in [2.75, 3.05) is 13.2 Å². The van der Waals surface area contributed by atoms with Crippen LogP contribution in [0.4, 0.5) is 0 Å². The predicted octanol–water partition coefficient (Wildman–Crippen LogP) is 1.86. The molecule has 0 unspecified atom stereocenters. The summed E-state index contributed by atoms with van der Waals surface area (Å²) < 4.78 is 5.04. The zero-order valence-electron chi connectivity index (χ0n) is 8.49. The van der Waals surface area contributed by atoms with Crippen LogP contribution in [0.3, 0.4) is 0 Å². The molecule has 0 radical (unpaired) electrons. The summed E-state index contributed by atoms with van der Waals surface area (Å²) in [5.74, 6) is 0. The second kappa shape index (κ2) is 3.71. The lowest BCUT2D eigenvalue weighted by molar-refractivity contribution is -0.184. The Labute approximate surface area is 84.5 Å². The van der Waals surface area contributed by atoms with Crippen molar-refractivity contribution in [2.24, 2.45) is 0 Å². The average molecular weight is 192 g/mol. The molecule has 1 aliphatic heterocycles. The molecule has 1 fully saturated rings. The van der Waals surface area contributed by atoms with Gasteiger partial charge in [-0.25, -0.2) is 0 Å². The van der Waals surface area contributed by atoms with Gasteiger partial charge in [0.15, 0.2) is 0 Å². The first-order valence-electron chi connectivity index (χ1n) is 5.14. The highest BCUT2D eigenvalue weighted by Crippen LogP contribution is 2.29. The van der Waals surface area contributed by atoms with E-state index in [0.29, 0.717) is 13.2 Å². The zero-order valence-corrected chi connectivity index (χ0v) is 8.49. The normalized spacial score (nSPS) is 19.0. The molecule has 0 saturated carbocycles. The molecule has 0 aromatic heterocycles. The number of ether oxygens (including phenoxy) is 1. The molecule has 2 heteroatoms. The van der Waals surface area contributed by atoms with Gasteiger partial charge < -0.3 is 9.84 Å². The van der Waals surface area contributed by atoms with Crippen molar-refractivity contribution in [2.45, 2.75) is 25.4 Å². The van der Waals surface area contributed by atoms with Gasteiger partial charge in [-0.15, -0.1) is 0 Å². The van der Waals surface area contributed by atoms with Crippen molar-refractivity contribution in [3.8, 4) is 0 Å². The quantitative estimate of drug-likeness (QED) is 0.792. The SMILES string of the molecule is CCCc1cccc(C2(O)COC2)c1. The highest BCUT2D eigenvalue weighted by atomic mass is 16.5. The van der Waals surface area contributed by atoms with Gasteiger partial charge in [0.05, 0.1) is 13.2 Å². The van der Waals surface area contributed by atoms with Gasteiger partial charge in [0, 0.05) is 0 Å². The molecule has 1 aliphatic rings. The van der Waals surface area contributed by atoms with Gasteiger partial charge in [-0.3, -0.25) is 0 Å². The fraction of sp³-hybridized carbons (Fsp3) is 0.500. The molecular formula is C12H16O2. The predicted molar refractivity (Wildman–Crippen MR) is 55.2 cm³/mol. The van der Waals surface area contributed by atoms with Crippen LogP contribution >= 0.6 is 0 Å². The highest BCUT2D eigenvalue weighted by Gasteiger charge is 2.37. The summed E-state index contributed by atoms with van der Waals surface area (Å²) in [6, 6.07) is 8.18. The molecule has 1 saturated heterocycles. The van der Waals surface area contributed by atoms with Crippen molar-refractivity contribution in [1.82, 2.24) is 0 Å². The summed E-state index contributed by atoms with van der Waals surface area (Å²) in [5.41, 5.74) is 1.57. The molecule has 2 nitrogen and oxygen atoms in total. The Hall–Kier alpha value is -0.860. The van der Waals surface area contributed by atoms with Crippen LogP contribution in [-0.2, 0) is 16.8 Å². The van der Waals surface area contributed by atoms with E-state index in [1.54, 1.807) is 0 Å². The number of hydrogen-bond donors (Lipinski definition) is 1. The van der Waals surface area contributed by atoms with Gasteiger partial charge in [0.1, 0.15) is 5.60 Å². The molecule has 0 spiro atoms. The Balaban J connectivity index is 2.21. The molecule has 1 aromatic carbocycles. The van der Waals surface area contributed by atoms with Crippen LogP contribution in [0.15, 0.2) is 24.3 Å². The Kier molecular flexibility index (Phi) is 2.57. The molecule has 0 atom stereocenters. The van der Waals surface area contributed by atoms with E-state index in [0.717, 1.165) is 18.4 Å². The second-order valence-electron chi connectivity index (χ2n) is 3.97. The fourth-order valence-corrected chi connectivity index (χ4v) is 1.77. The summed E-state index contributed by atoms with van der Waals surface area (Å²) in [6.45, 7) is 3.03. The van der Waals surface area contributed by atoms with Crippen LogP contribution in [0.5, 0.6) is 0 Å². The summed E-state index contributed by atoms with van der Waals surface area (Å²) in [6.07, 6.45) is 2.21. The molecule has 1 aromatic rings. The fourth-order valence-electron chi connectivity index (χ4n) is 1.77. The molecule has 14 heavy (non-hydrogen) atoms. The molecule has 1 heterocycles. The first kappa shape index (κ1) is 9.69. The van der Waals surface area contributed by atoms with E-state index >= 15 is 0 Å². The van der Waals surface area contributed by atoms with Crippen LogP contribution in [0.1, 0.15) is 24.5 Å². The van der Waals surface area contributed by atoms with Gasteiger partial charge >= 0.3 is 0 Å². The number of hydrogen-bond acceptors (Lipinski definition) is 2. The first-order valence-corrected chi connectivity index (χ1v) is 5.14. The van der Waals surface area contributed by atoms with Crippen molar-refractivity contribution >= 4 is 0 Å². The van der Waals surface area contributed by atoms with Crippen LogP contribution in [-0.4, -0.2) is 18.3 Å². The van der Waals surface area contributed by atoms with Crippen molar-refractivity contribution < 1.29 is 9.84 Å². The molecule has 76 valence electrons. The Bertz CT molecular complexity index is 316. The largest absolute Gasteiger partial charge is 0.380 e. The molecular weight excluding hydrogens is 176 g/mol. The number of aryl methyl sites for hydroxylation is 1. The van der Waals surface area contributed by atoms with E-state index < -0.39 is 5.60 Å². The number of rotatable bonds is 3. The van der Waals surface area contributed by atoms with Crippen LogP contribution in [0.2, 0.25) is 0 Å². The summed E-state index contributed by atoms with van der Waals surface area (Å²) in [5, 5.41) is 10.0. The van der Waals surface area contributed by atoms with Gasteiger partial charge in [-0.05, 0) is 17.5 Å². The van der Waals surface area contributed by atoms with Crippen LogP contribution in [0.25, 0.3) is 0 Å². The minimum Gasteiger partial charge on any atom is -0.380 e. The van der Waals surface area contributed by atoms with Gasteiger partial charge in [0.25, 0.3) is 0 Å². The van der Waals surface area contributed by atoms with E-state index in [9.17, 15) is 5.11 Å². The first-order chi connectivity index (χ1) is 6.74. The maximum Gasteiger partial charge on any atom is 0.136 e. The molecule has 2 rings (SSSR count). The van der Waals surface area contributed by atoms with E-state index in [4.69, 9.17) is 4.74 Å². The Morgan fingerprint density at radius 3 is 2.79 bits per heavy atom. The van der Waals surface area contributed by atoms with E-state index in [1.807, 2.05) is 12.1 Å². The molecule has 0 aliphatic carbocycles. The molecule has 1 N–H and O–H groups in total. The third-order valence-corrected chi connectivity index (χ3v) is 2.68. The van der Waals surface area contributed by atoms with Crippen molar-refractivity contribution in [3.63, 3.8) is 0 Å². The lowest BCUT2D eigenvalue weighted by Crippen LogP contribution is -2.46. The molecule has 0 bridgehead atoms. The van der Waals surface area contributed by atoms with Crippen molar-refractivity contribution in [1.29, 1.82) is 0 Å². The van der Waals surface area contributed by atoms with Crippen LogP contribution in [0, 0.1) is 0 Å². The number of aliphatic hydroxyl groups is 1.